The summed E-state index contributed by atoms with van der Waals surface area (Å²) < 4.78 is 0. The van der Waals surface area contributed by atoms with Crippen LogP contribution >= 0.6 is 31.9 Å². The number of allylic oxidation sites excluding steroid dienone is 8. The highest BCUT2D eigenvalue weighted by Crippen LogP contribution is 2.44. The van der Waals surface area contributed by atoms with Gasteiger partial charge in [0.05, 0.1) is 9.65 Å². The molecule has 0 spiro atoms. The molecule has 2 aliphatic rings. The first-order valence-corrected chi connectivity index (χ1v) is 9.02. The molecule has 0 aromatic heterocycles. The van der Waals surface area contributed by atoms with E-state index in [4.69, 9.17) is 10.8 Å². The molecule has 1 aromatic carbocycles. The molecule has 0 bridgehead atoms. The molecule has 4 N–H and O–H groups in total. The van der Waals surface area contributed by atoms with E-state index in [0.29, 0.717) is 28.1 Å². The van der Waals surface area contributed by atoms with Crippen LogP contribution < -0.4 is 0 Å². The van der Waals surface area contributed by atoms with Gasteiger partial charge in [-0.05, 0) is 34.9 Å². The third kappa shape index (κ3) is 2.80. The zero-order chi connectivity index (χ0) is 17.4. The van der Waals surface area contributed by atoms with Crippen LogP contribution in [0.15, 0.2) is 48.6 Å². The van der Waals surface area contributed by atoms with Crippen LogP contribution in [0.2, 0.25) is 0 Å². The number of hydrogen-bond acceptors (Lipinski definition) is 4. The predicted molar refractivity (Wildman–Crippen MR) is 105 cm³/mol. The molecule has 2 atom stereocenters. The van der Waals surface area contributed by atoms with Crippen molar-refractivity contribution in [1.82, 2.24) is 0 Å². The number of rotatable bonds is 2. The standard InChI is InChI=1S/C18H14Br2N2O2/c19-16-10(3-1-5-12(16)21)9-7-8-14(23)18(24)15(9)11-4-2-6-13(22)17(11)20/h1-8,16-17,21-24H. The summed E-state index contributed by atoms with van der Waals surface area (Å²) in [6, 6.07) is 3.16. The molecule has 3 rings (SSSR count). The number of nitrogens with one attached hydrogen (secondary N) is 2. The number of hydrogen-bond donors (Lipinski definition) is 4. The highest BCUT2D eigenvalue weighted by atomic mass is 79.9. The van der Waals surface area contributed by atoms with Gasteiger partial charge in [0.25, 0.3) is 0 Å². The summed E-state index contributed by atoms with van der Waals surface area (Å²) in [6.45, 7) is 0. The average molecular weight is 450 g/mol. The van der Waals surface area contributed by atoms with Crippen molar-refractivity contribution in [2.24, 2.45) is 0 Å². The number of benzene rings is 1. The van der Waals surface area contributed by atoms with Crippen LogP contribution in [0.5, 0.6) is 11.5 Å². The molecular formula is C18H14Br2N2O2. The van der Waals surface area contributed by atoms with Gasteiger partial charge < -0.3 is 21.0 Å². The van der Waals surface area contributed by atoms with Gasteiger partial charge in [-0.1, -0.05) is 62.2 Å². The second-order valence-corrected chi connectivity index (χ2v) is 7.29. The first-order chi connectivity index (χ1) is 11.4. The maximum atomic E-state index is 10.5. The number of phenols is 2. The Morgan fingerprint density at radius 3 is 2.00 bits per heavy atom. The van der Waals surface area contributed by atoms with Gasteiger partial charge in [0.2, 0.25) is 0 Å². The Morgan fingerprint density at radius 2 is 1.38 bits per heavy atom. The van der Waals surface area contributed by atoms with Gasteiger partial charge in [-0.15, -0.1) is 0 Å². The van der Waals surface area contributed by atoms with Gasteiger partial charge in [-0.25, -0.2) is 0 Å². The highest BCUT2D eigenvalue weighted by Gasteiger charge is 2.28. The Labute approximate surface area is 156 Å². The molecule has 4 nitrogen and oxygen atoms in total. The zero-order valence-corrected chi connectivity index (χ0v) is 15.6. The van der Waals surface area contributed by atoms with E-state index in [1.807, 2.05) is 12.2 Å². The third-order valence-corrected chi connectivity index (χ3v) is 5.92. The van der Waals surface area contributed by atoms with Crippen LogP contribution in [-0.4, -0.2) is 31.3 Å². The Kier molecular flexibility index (Phi) is 4.60. The topological polar surface area (TPSA) is 88.2 Å². The molecule has 24 heavy (non-hydrogen) atoms. The summed E-state index contributed by atoms with van der Waals surface area (Å²) in [5.74, 6) is -0.448. The van der Waals surface area contributed by atoms with E-state index in [9.17, 15) is 10.2 Å². The van der Waals surface area contributed by atoms with Gasteiger partial charge in [-0.2, -0.15) is 0 Å². The zero-order valence-electron chi connectivity index (χ0n) is 12.4. The first-order valence-electron chi connectivity index (χ1n) is 7.19. The maximum absolute atomic E-state index is 10.5. The van der Waals surface area contributed by atoms with E-state index in [0.717, 1.165) is 5.57 Å². The smallest absolute Gasteiger partial charge is 0.165 e. The highest BCUT2D eigenvalue weighted by molar-refractivity contribution is 9.10. The molecular weight excluding hydrogens is 436 g/mol. The normalized spacial score (nSPS) is 23.2. The molecule has 2 aliphatic carbocycles. The van der Waals surface area contributed by atoms with Crippen LogP contribution in [0, 0.1) is 10.8 Å². The maximum Gasteiger partial charge on any atom is 0.165 e. The minimum Gasteiger partial charge on any atom is -0.504 e. The molecule has 0 amide bonds. The van der Waals surface area contributed by atoms with E-state index in [1.165, 1.54) is 6.07 Å². The lowest BCUT2D eigenvalue weighted by Gasteiger charge is -2.25. The molecule has 0 aliphatic heterocycles. The average Bonchev–Trinajstić information content (AvgIpc) is 2.56. The summed E-state index contributed by atoms with van der Waals surface area (Å²) in [5, 5.41) is 36.5. The summed E-state index contributed by atoms with van der Waals surface area (Å²) in [4.78, 5) is -0.694. The van der Waals surface area contributed by atoms with Crippen LogP contribution in [0.25, 0.3) is 11.1 Å². The van der Waals surface area contributed by atoms with Crippen molar-refractivity contribution in [3.63, 3.8) is 0 Å². The lowest BCUT2D eigenvalue weighted by atomic mass is 9.86. The molecule has 122 valence electrons. The van der Waals surface area contributed by atoms with Crippen LogP contribution in [0.3, 0.4) is 0 Å². The minimum atomic E-state index is -0.387. The molecule has 6 heteroatoms. The lowest BCUT2D eigenvalue weighted by molar-refractivity contribution is 0.402. The van der Waals surface area contributed by atoms with E-state index < -0.39 is 0 Å². The van der Waals surface area contributed by atoms with Crippen molar-refractivity contribution in [1.29, 1.82) is 10.8 Å². The fourth-order valence-electron chi connectivity index (χ4n) is 2.73. The van der Waals surface area contributed by atoms with Crippen molar-refractivity contribution in [3.05, 3.63) is 59.7 Å². The van der Waals surface area contributed by atoms with Gasteiger partial charge in [0.1, 0.15) is 0 Å². The molecule has 0 fully saturated rings. The molecule has 2 unspecified atom stereocenters. The van der Waals surface area contributed by atoms with Gasteiger partial charge in [0, 0.05) is 17.0 Å². The number of halogens is 2. The Balaban J connectivity index is 2.25. The number of alkyl halides is 2. The van der Waals surface area contributed by atoms with Crippen molar-refractivity contribution in [3.8, 4) is 11.5 Å². The molecule has 1 aromatic rings. The van der Waals surface area contributed by atoms with E-state index >= 15 is 0 Å². The quantitative estimate of drug-likeness (QED) is 0.393. The second kappa shape index (κ2) is 6.53. The van der Waals surface area contributed by atoms with Crippen LogP contribution in [-0.2, 0) is 0 Å². The van der Waals surface area contributed by atoms with Gasteiger partial charge >= 0.3 is 0 Å². The fourth-order valence-corrected chi connectivity index (χ4v) is 3.82. The second-order valence-electron chi connectivity index (χ2n) is 5.45. The van der Waals surface area contributed by atoms with Crippen molar-refractivity contribution in [2.45, 2.75) is 9.65 Å². The van der Waals surface area contributed by atoms with Gasteiger partial charge in [-0.3, -0.25) is 0 Å². The van der Waals surface area contributed by atoms with Crippen LogP contribution in [0.1, 0.15) is 11.1 Å². The van der Waals surface area contributed by atoms with Crippen molar-refractivity contribution >= 4 is 54.4 Å². The summed E-state index contributed by atoms with van der Waals surface area (Å²) in [6.07, 6.45) is 10.6. The number of phenolic OH excluding ortho intramolecular Hbond substituents is 2. The lowest BCUT2D eigenvalue weighted by Crippen LogP contribution is -2.19. The monoisotopic (exact) mass is 448 g/mol. The molecule has 0 heterocycles. The molecule has 0 radical (unpaired) electrons. The van der Waals surface area contributed by atoms with Crippen molar-refractivity contribution in [2.75, 3.05) is 0 Å². The first kappa shape index (κ1) is 16.9. The third-order valence-electron chi connectivity index (χ3n) is 3.95. The van der Waals surface area contributed by atoms with E-state index in [-0.39, 0.29) is 21.2 Å². The Bertz CT molecular complexity index is 866. The van der Waals surface area contributed by atoms with Gasteiger partial charge in [0.15, 0.2) is 11.5 Å². The van der Waals surface area contributed by atoms with Crippen LogP contribution in [0.4, 0.5) is 0 Å². The summed E-state index contributed by atoms with van der Waals surface area (Å²) in [7, 11) is 0. The Morgan fingerprint density at radius 1 is 0.833 bits per heavy atom. The fraction of sp³-hybridized carbons (Fsp3) is 0.111. The minimum absolute atomic E-state index is 0.219. The van der Waals surface area contributed by atoms with Crippen molar-refractivity contribution < 1.29 is 10.2 Å². The summed E-state index contributed by atoms with van der Waals surface area (Å²) >= 11 is 6.99. The predicted octanol–water partition coefficient (Wildman–Crippen LogP) is 4.57. The molecule has 0 saturated carbocycles. The summed E-state index contributed by atoms with van der Waals surface area (Å²) in [5.41, 5.74) is 3.44. The molecule has 0 saturated heterocycles. The van der Waals surface area contributed by atoms with E-state index in [1.54, 1.807) is 30.4 Å². The van der Waals surface area contributed by atoms with E-state index in [2.05, 4.69) is 31.9 Å². The SMILES string of the molecule is N=C1C=CC=C(c2ccc(O)c(O)c2C2=CC=CC(=N)C2Br)C1Br. The number of aromatic hydroxyl groups is 2. The Hall–Kier alpha value is -1.92. The largest absolute Gasteiger partial charge is 0.504 e.